The van der Waals surface area contributed by atoms with Crippen LogP contribution in [0.3, 0.4) is 0 Å². The number of carbonyl (C=O) groups is 1. The van der Waals surface area contributed by atoms with Crippen molar-refractivity contribution >= 4 is 17.3 Å². The Bertz CT molecular complexity index is 585. The number of non-ortho nitro benzene ring substituents is 1. The molecule has 0 aromatic heterocycles. The van der Waals surface area contributed by atoms with Gasteiger partial charge in [0.15, 0.2) is 0 Å². The summed E-state index contributed by atoms with van der Waals surface area (Å²) in [6.45, 7) is 1.56. The van der Waals surface area contributed by atoms with Crippen LogP contribution in [0.5, 0.6) is 0 Å². The zero-order valence-electron chi connectivity index (χ0n) is 11.7. The number of anilines is 1. The third kappa shape index (κ3) is 2.46. The highest BCUT2D eigenvalue weighted by atomic mass is 16.6. The number of benzene rings is 1. The highest BCUT2D eigenvalue weighted by Crippen LogP contribution is 2.49. The monoisotopic (exact) mass is 290 g/mol. The average molecular weight is 290 g/mol. The summed E-state index contributed by atoms with van der Waals surface area (Å²) in [5.74, 6) is -1.04. The van der Waals surface area contributed by atoms with Crippen molar-refractivity contribution in [2.75, 3.05) is 18.0 Å². The number of nitrogens with zero attached hydrogens (tertiary/aromatic N) is 2. The number of carboxylic acid groups (broad SMARTS) is 1. The van der Waals surface area contributed by atoms with Crippen molar-refractivity contribution in [3.8, 4) is 0 Å². The quantitative estimate of drug-likeness (QED) is 0.683. The molecule has 1 saturated heterocycles. The number of carboxylic acids is 1. The fourth-order valence-corrected chi connectivity index (χ4v) is 3.47. The molecule has 2 fully saturated rings. The van der Waals surface area contributed by atoms with E-state index in [0.29, 0.717) is 11.1 Å². The molecule has 0 amide bonds. The first-order chi connectivity index (χ1) is 10.0. The summed E-state index contributed by atoms with van der Waals surface area (Å²) in [6, 6.07) is 3.98. The molecule has 21 heavy (non-hydrogen) atoms. The van der Waals surface area contributed by atoms with Gasteiger partial charge in [0.05, 0.1) is 16.2 Å². The fraction of sp³-hybridized carbons (Fsp3) is 0.533. The van der Waals surface area contributed by atoms with Crippen molar-refractivity contribution in [3.63, 3.8) is 0 Å². The Balaban J connectivity index is 1.87. The SMILES string of the molecule is O=C(O)c1ccc([N+](=O)[O-])cc1N1CCC2(CCC2)CC1. The van der Waals surface area contributed by atoms with Gasteiger partial charge in [-0.05, 0) is 37.2 Å². The Hall–Kier alpha value is -2.11. The molecule has 1 spiro atoms. The average Bonchev–Trinajstić information content (AvgIpc) is 2.45. The lowest BCUT2D eigenvalue weighted by Crippen LogP contribution is -2.44. The second-order valence-corrected chi connectivity index (χ2v) is 6.10. The Morgan fingerprint density at radius 2 is 1.90 bits per heavy atom. The molecule has 112 valence electrons. The molecule has 1 aliphatic heterocycles. The molecule has 1 heterocycles. The molecule has 3 rings (SSSR count). The highest BCUT2D eigenvalue weighted by Gasteiger charge is 2.40. The molecule has 1 N–H and O–H groups in total. The summed E-state index contributed by atoms with van der Waals surface area (Å²) in [5.41, 5.74) is 1.02. The van der Waals surface area contributed by atoms with Crippen LogP contribution in [0.1, 0.15) is 42.5 Å². The minimum absolute atomic E-state index is 0.0565. The predicted octanol–water partition coefficient (Wildman–Crippen LogP) is 3.06. The molecule has 1 aromatic carbocycles. The maximum atomic E-state index is 11.3. The first kappa shape index (κ1) is 13.9. The van der Waals surface area contributed by atoms with E-state index in [1.54, 1.807) is 0 Å². The van der Waals surface area contributed by atoms with Crippen molar-refractivity contribution in [1.82, 2.24) is 0 Å². The summed E-state index contributed by atoms with van der Waals surface area (Å²) in [6.07, 6.45) is 5.92. The fourth-order valence-electron chi connectivity index (χ4n) is 3.47. The van der Waals surface area contributed by atoms with E-state index in [1.807, 2.05) is 4.90 Å². The molecule has 0 unspecified atom stereocenters. The van der Waals surface area contributed by atoms with E-state index in [-0.39, 0.29) is 11.3 Å². The van der Waals surface area contributed by atoms with Gasteiger partial charge in [-0.3, -0.25) is 10.1 Å². The van der Waals surface area contributed by atoms with E-state index in [4.69, 9.17) is 0 Å². The standard InChI is InChI=1S/C15H18N2O4/c18-14(19)12-3-2-11(17(20)21)10-13(12)16-8-6-15(7-9-16)4-1-5-15/h2-3,10H,1,4-9H2,(H,18,19). The van der Waals surface area contributed by atoms with E-state index in [0.717, 1.165) is 25.9 Å². The summed E-state index contributed by atoms with van der Waals surface area (Å²) in [7, 11) is 0. The minimum atomic E-state index is -1.04. The molecule has 1 saturated carbocycles. The third-order valence-corrected chi connectivity index (χ3v) is 5.00. The van der Waals surface area contributed by atoms with E-state index in [9.17, 15) is 20.0 Å². The third-order valence-electron chi connectivity index (χ3n) is 5.00. The van der Waals surface area contributed by atoms with Crippen molar-refractivity contribution in [2.45, 2.75) is 32.1 Å². The van der Waals surface area contributed by atoms with Crippen molar-refractivity contribution in [2.24, 2.45) is 5.41 Å². The first-order valence-corrected chi connectivity index (χ1v) is 7.27. The van der Waals surface area contributed by atoms with Crippen LogP contribution in [0.15, 0.2) is 18.2 Å². The van der Waals surface area contributed by atoms with Crippen LogP contribution in [-0.4, -0.2) is 29.1 Å². The van der Waals surface area contributed by atoms with Gasteiger partial charge in [-0.25, -0.2) is 4.79 Å². The lowest BCUT2D eigenvalue weighted by molar-refractivity contribution is -0.384. The van der Waals surface area contributed by atoms with Gasteiger partial charge in [-0.1, -0.05) is 6.42 Å². The Morgan fingerprint density at radius 1 is 1.24 bits per heavy atom. The molecular weight excluding hydrogens is 272 g/mol. The Morgan fingerprint density at radius 3 is 2.38 bits per heavy atom. The summed E-state index contributed by atoms with van der Waals surface area (Å²) in [4.78, 5) is 23.8. The molecule has 0 atom stereocenters. The molecule has 1 aromatic rings. The van der Waals surface area contributed by atoms with Gasteiger partial charge in [0.25, 0.3) is 5.69 Å². The second kappa shape index (κ2) is 5.02. The van der Waals surface area contributed by atoms with Crippen LogP contribution in [0.4, 0.5) is 11.4 Å². The number of hydrogen-bond acceptors (Lipinski definition) is 4. The van der Waals surface area contributed by atoms with Gasteiger partial charge in [0.2, 0.25) is 0 Å². The van der Waals surface area contributed by atoms with Crippen LogP contribution < -0.4 is 4.90 Å². The van der Waals surface area contributed by atoms with Gasteiger partial charge in [0.1, 0.15) is 0 Å². The van der Waals surface area contributed by atoms with E-state index in [1.165, 1.54) is 37.5 Å². The Kier molecular flexibility index (Phi) is 3.31. The summed E-state index contributed by atoms with van der Waals surface area (Å²) in [5, 5.41) is 20.2. The maximum absolute atomic E-state index is 11.3. The first-order valence-electron chi connectivity index (χ1n) is 7.27. The zero-order valence-corrected chi connectivity index (χ0v) is 11.7. The van der Waals surface area contributed by atoms with Crippen LogP contribution >= 0.6 is 0 Å². The van der Waals surface area contributed by atoms with Crippen LogP contribution in [0.25, 0.3) is 0 Å². The van der Waals surface area contributed by atoms with Crippen molar-refractivity contribution in [1.29, 1.82) is 0 Å². The second-order valence-electron chi connectivity index (χ2n) is 6.10. The number of rotatable bonds is 3. The minimum Gasteiger partial charge on any atom is -0.478 e. The molecule has 0 bridgehead atoms. The maximum Gasteiger partial charge on any atom is 0.337 e. The van der Waals surface area contributed by atoms with Gasteiger partial charge >= 0.3 is 5.97 Å². The molecule has 2 aliphatic rings. The summed E-state index contributed by atoms with van der Waals surface area (Å²) < 4.78 is 0. The van der Waals surface area contributed by atoms with Crippen molar-refractivity contribution in [3.05, 3.63) is 33.9 Å². The lowest BCUT2D eigenvalue weighted by Gasteiger charge is -2.48. The van der Waals surface area contributed by atoms with E-state index < -0.39 is 10.9 Å². The van der Waals surface area contributed by atoms with Gasteiger partial charge < -0.3 is 10.0 Å². The largest absolute Gasteiger partial charge is 0.478 e. The molecule has 1 aliphatic carbocycles. The molecular formula is C15H18N2O4. The molecule has 6 heteroatoms. The smallest absolute Gasteiger partial charge is 0.337 e. The topological polar surface area (TPSA) is 83.7 Å². The molecule has 6 nitrogen and oxygen atoms in total. The van der Waals surface area contributed by atoms with Gasteiger partial charge in [0, 0.05) is 25.2 Å². The number of hydrogen-bond donors (Lipinski definition) is 1. The lowest BCUT2D eigenvalue weighted by atomic mass is 9.63. The van der Waals surface area contributed by atoms with Crippen LogP contribution in [0.2, 0.25) is 0 Å². The highest BCUT2D eigenvalue weighted by molar-refractivity contribution is 5.95. The Labute approximate surface area is 122 Å². The van der Waals surface area contributed by atoms with Gasteiger partial charge in [-0.15, -0.1) is 0 Å². The van der Waals surface area contributed by atoms with Gasteiger partial charge in [-0.2, -0.15) is 0 Å². The predicted molar refractivity (Wildman–Crippen MR) is 77.8 cm³/mol. The van der Waals surface area contributed by atoms with E-state index in [2.05, 4.69) is 0 Å². The van der Waals surface area contributed by atoms with Crippen molar-refractivity contribution < 1.29 is 14.8 Å². The summed E-state index contributed by atoms with van der Waals surface area (Å²) >= 11 is 0. The zero-order chi connectivity index (χ0) is 15.0. The number of nitro benzene ring substituents is 1. The molecule has 0 radical (unpaired) electrons. The van der Waals surface area contributed by atoms with Crippen LogP contribution in [-0.2, 0) is 0 Å². The number of aromatic carboxylic acids is 1. The number of nitro groups is 1. The number of piperidine rings is 1. The van der Waals surface area contributed by atoms with Crippen LogP contribution in [0, 0.1) is 15.5 Å². The normalized spacial score (nSPS) is 20.1. The van der Waals surface area contributed by atoms with E-state index >= 15 is 0 Å².